The molecule has 1 aromatic rings. The molecule has 2 amide bonds. The van der Waals surface area contributed by atoms with Crippen LogP contribution >= 0.6 is 0 Å². The molecular formula is C11H14N4O4. The van der Waals surface area contributed by atoms with Gasteiger partial charge in [0.15, 0.2) is 0 Å². The minimum atomic E-state index is -1.25. The van der Waals surface area contributed by atoms with Gasteiger partial charge in [0, 0.05) is 6.42 Å². The van der Waals surface area contributed by atoms with Gasteiger partial charge in [-0.25, -0.2) is 9.78 Å². The summed E-state index contributed by atoms with van der Waals surface area (Å²) in [5.74, 6) is -2.53. The third-order valence-corrected chi connectivity index (χ3v) is 2.30. The highest BCUT2D eigenvalue weighted by Crippen LogP contribution is 2.03. The maximum atomic E-state index is 11.7. The molecule has 8 nitrogen and oxygen atoms in total. The van der Waals surface area contributed by atoms with Crippen molar-refractivity contribution in [2.24, 2.45) is 5.73 Å². The Morgan fingerprint density at radius 2 is 2.05 bits per heavy atom. The average Bonchev–Trinajstić information content (AvgIpc) is 2.34. The van der Waals surface area contributed by atoms with Gasteiger partial charge in [-0.2, -0.15) is 0 Å². The number of carbonyl (C=O) groups is 3. The summed E-state index contributed by atoms with van der Waals surface area (Å²) >= 11 is 0. The number of rotatable bonds is 6. The van der Waals surface area contributed by atoms with Crippen LogP contribution in [0.25, 0.3) is 0 Å². The molecule has 0 aliphatic heterocycles. The maximum Gasteiger partial charge on any atom is 0.326 e. The lowest BCUT2D eigenvalue weighted by molar-refractivity contribution is -0.139. The summed E-state index contributed by atoms with van der Waals surface area (Å²) in [6, 6.07) is 1.65. The largest absolute Gasteiger partial charge is 0.480 e. The normalized spacial score (nSPS) is 11.6. The monoisotopic (exact) mass is 266 g/mol. The second-order valence-electron chi connectivity index (χ2n) is 3.85. The quantitative estimate of drug-likeness (QED) is 0.525. The number of carboxylic acid groups (broad SMARTS) is 1. The molecule has 0 bridgehead atoms. The predicted octanol–water partition coefficient (Wildman–Crippen LogP) is -0.888. The molecule has 0 saturated carbocycles. The molecule has 1 atom stereocenters. The van der Waals surface area contributed by atoms with E-state index in [0.29, 0.717) is 5.69 Å². The summed E-state index contributed by atoms with van der Waals surface area (Å²) in [4.78, 5) is 37.0. The predicted molar refractivity (Wildman–Crippen MR) is 66.0 cm³/mol. The van der Waals surface area contributed by atoms with Gasteiger partial charge in [-0.05, 0) is 18.6 Å². The van der Waals surface area contributed by atoms with Crippen molar-refractivity contribution in [1.82, 2.24) is 10.3 Å². The van der Waals surface area contributed by atoms with Crippen molar-refractivity contribution in [3.8, 4) is 0 Å². The zero-order chi connectivity index (χ0) is 14.4. The summed E-state index contributed by atoms with van der Waals surface area (Å²) in [6.45, 7) is 0. The lowest BCUT2D eigenvalue weighted by atomic mass is 10.1. The summed E-state index contributed by atoms with van der Waals surface area (Å²) in [5, 5.41) is 11.2. The Kier molecular flexibility index (Phi) is 4.81. The van der Waals surface area contributed by atoms with Crippen molar-refractivity contribution < 1.29 is 19.5 Å². The Labute approximate surface area is 108 Å². The number of carbonyl (C=O) groups excluding carboxylic acids is 2. The summed E-state index contributed by atoms with van der Waals surface area (Å²) in [5.41, 5.74) is 10.8. The van der Waals surface area contributed by atoms with Gasteiger partial charge in [-0.3, -0.25) is 9.59 Å². The molecule has 0 aliphatic rings. The molecule has 19 heavy (non-hydrogen) atoms. The standard InChI is InChI=1S/C11H14N4O4/c12-6-1-2-7(14-5-6)10(17)15-8(11(18)19)3-4-9(13)16/h1-2,5,8H,3-4,12H2,(H2,13,16)(H,15,17)(H,18,19)/t8-/m0/s1. The number of anilines is 1. The van der Waals surface area contributed by atoms with E-state index in [1.54, 1.807) is 0 Å². The zero-order valence-corrected chi connectivity index (χ0v) is 10.00. The number of nitrogens with zero attached hydrogens (tertiary/aromatic N) is 1. The molecular weight excluding hydrogens is 252 g/mol. The number of amides is 2. The first-order valence-electron chi connectivity index (χ1n) is 5.43. The van der Waals surface area contributed by atoms with Gasteiger partial charge in [0.2, 0.25) is 5.91 Å². The number of pyridine rings is 1. The number of aliphatic carboxylic acids is 1. The van der Waals surface area contributed by atoms with Gasteiger partial charge in [0.05, 0.1) is 11.9 Å². The lowest BCUT2D eigenvalue weighted by Gasteiger charge is -2.13. The molecule has 6 N–H and O–H groups in total. The molecule has 0 radical (unpaired) electrons. The number of primary amides is 1. The highest BCUT2D eigenvalue weighted by atomic mass is 16.4. The fraction of sp³-hybridized carbons (Fsp3) is 0.273. The van der Waals surface area contributed by atoms with Crippen LogP contribution in [0, 0.1) is 0 Å². The third-order valence-electron chi connectivity index (χ3n) is 2.30. The number of nitrogens with two attached hydrogens (primary N) is 2. The van der Waals surface area contributed by atoms with E-state index in [-0.39, 0.29) is 18.5 Å². The number of nitrogens with one attached hydrogen (secondary N) is 1. The molecule has 0 spiro atoms. The number of carboxylic acids is 1. The maximum absolute atomic E-state index is 11.7. The van der Waals surface area contributed by atoms with E-state index >= 15 is 0 Å². The molecule has 0 aromatic carbocycles. The van der Waals surface area contributed by atoms with Crippen molar-refractivity contribution in [3.63, 3.8) is 0 Å². The van der Waals surface area contributed by atoms with Crippen molar-refractivity contribution in [1.29, 1.82) is 0 Å². The molecule has 0 unspecified atom stereocenters. The second-order valence-corrected chi connectivity index (χ2v) is 3.85. The highest BCUT2D eigenvalue weighted by Gasteiger charge is 2.21. The van der Waals surface area contributed by atoms with Gasteiger partial charge in [-0.1, -0.05) is 0 Å². The Morgan fingerprint density at radius 3 is 2.53 bits per heavy atom. The van der Waals surface area contributed by atoms with E-state index in [2.05, 4.69) is 10.3 Å². The molecule has 0 saturated heterocycles. The van der Waals surface area contributed by atoms with Crippen LogP contribution in [-0.4, -0.2) is 33.9 Å². The molecule has 0 fully saturated rings. The molecule has 1 aromatic heterocycles. The van der Waals surface area contributed by atoms with Crippen LogP contribution in [0.4, 0.5) is 5.69 Å². The Morgan fingerprint density at radius 1 is 1.37 bits per heavy atom. The molecule has 0 aliphatic carbocycles. The van der Waals surface area contributed by atoms with E-state index in [1.807, 2.05) is 0 Å². The first-order chi connectivity index (χ1) is 8.90. The van der Waals surface area contributed by atoms with Gasteiger partial charge >= 0.3 is 5.97 Å². The first kappa shape index (κ1) is 14.4. The SMILES string of the molecule is NC(=O)CC[C@H](NC(=O)c1ccc(N)cn1)C(=O)O. The zero-order valence-electron chi connectivity index (χ0n) is 10.00. The van der Waals surface area contributed by atoms with Crippen LogP contribution in [0.5, 0.6) is 0 Å². The van der Waals surface area contributed by atoms with Crippen LogP contribution in [0.1, 0.15) is 23.3 Å². The van der Waals surface area contributed by atoms with E-state index in [1.165, 1.54) is 18.3 Å². The van der Waals surface area contributed by atoms with Crippen molar-refractivity contribution >= 4 is 23.5 Å². The molecule has 1 rings (SSSR count). The van der Waals surface area contributed by atoms with Gasteiger partial charge in [0.25, 0.3) is 5.91 Å². The summed E-state index contributed by atoms with van der Waals surface area (Å²) < 4.78 is 0. The van der Waals surface area contributed by atoms with Crippen molar-refractivity contribution in [3.05, 3.63) is 24.0 Å². The Balaban J connectivity index is 2.68. The van der Waals surface area contributed by atoms with E-state index < -0.39 is 23.8 Å². The van der Waals surface area contributed by atoms with E-state index in [9.17, 15) is 14.4 Å². The van der Waals surface area contributed by atoms with Crippen LogP contribution in [0.2, 0.25) is 0 Å². The smallest absolute Gasteiger partial charge is 0.326 e. The van der Waals surface area contributed by atoms with E-state index in [4.69, 9.17) is 16.6 Å². The van der Waals surface area contributed by atoms with Gasteiger partial charge < -0.3 is 21.9 Å². The lowest BCUT2D eigenvalue weighted by Crippen LogP contribution is -2.41. The minimum absolute atomic E-state index is 0.0412. The molecule has 8 heteroatoms. The Bertz CT molecular complexity index is 486. The first-order valence-corrected chi connectivity index (χ1v) is 5.43. The fourth-order valence-electron chi connectivity index (χ4n) is 1.32. The molecule has 1 heterocycles. The average molecular weight is 266 g/mol. The van der Waals surface area contributed by atoms with Crippen LogP contribution in [0.3, 0.4) is 0 Å². The van der Waals surface area contributed by atoms with E-state index in [0.717, 1.165) is 0 Å². The van der Waals surface area contributed by atoms with Crippen molar-refractivity contribution in [2.75, 3.05) is 5.73 Å². The summed E-state index contributed by atoms with van der Waals surface area (Å²) in [7, 11) is 0. The van der Waals surface area contributed by atoms with Crippen molar-refractivity contribution in [2.45, 2.75) is 18.9 Å². The number of aromatic nitrogens is 1. The van der Waals surface area contributed by atoms with Crippen LogP contribution < -0.4 is 16.8 Å². The highest BCUT2D eigenvalue weighted by molar-refractivity contribution is 5.95. The summed E-state index contributed by atoms with van der Waals surface area (Å²) in [6.07, 6.45) is 1.08. The van der Waals surface area contributed by atoms with Crippen LogP contribution in [-0.2, 0) is 9.59 Å². The van der Waals surface area contributed by atoms with Gasteiger partial charge in [-0.15, -0.1) is 0 Å². The Hall–Kier alpha value is -2.64. The van der Waals surface area contributed by atoms with Crippen LogP contribution in [0.15, 0.2) is 18.3 Å². The number of hydrogen-bond acceptors (Lipinski definition) is 5. The number of hydrogen-bond donors (Lipinski definition) is 4. The van der Waals surface area contributed by atoms with Gasteiger partial charge in [0.1, 0.15) is 11.7 Å². The second kappa shape index (κ2) is 6.34. The third kappa shape index (κ3) is 4.62. The fourth-order valence-corrected chi connectivity index (χ4v) is 1.32. The minimum Gasteiger partial charge on any atom is -0.480 e. The molecule has 102 valence electrons. The number of nitrogen functional groups attached to an aromatic ring is 1. The topological polar surface area (TPSA) is 148 Å².